The van der Waals surface area contributed by atoms with Gasteiger partial charge in [0, 0.05) is 17.1 Å². The minimum absolute atomic E-state index is 0.396. The molecule has 2 aliphatic carbocycles. The monoisotopic (exact) mass is 787 g/mol. The summed E-state index contributed by atoms with van der Waals surface area (Å²) in [6, 6.07) is 91.4. The van der Waals surface area contributed by atoms with E-state index in [0.717, 1.165) is 22.6 Å². The quantitative estimate of drug-likeness (QED) is 0.155. The summed E-state index contributed by atoms with van der Waals surface area (Å²) in [5, 5.41) is 0. The third-order valence-corrected chi connectivity index (χ3v) is 13.1. The van der Waals surface area contributed by atoms with Gasteiger partial charge in [0.25, 0.3) is 0 Å². The number of rotatable bonds is 7. The molecule has 1 spiro atoms. The number of hydrogen-bond acceptors (Lipinski definition) is 1. The first-order chi connectivity index (χ1) is 30.8. The molecule has 2 aliphatic rings. The van der Waals surface area contributed by atoms with E-state index in [4.69, 9.17) is 0 Å². The SMILES string of the molecule is c1ccc(-c2cccc(N(c3cccc(-c4ccccc4)c3)c3cccc(-c4ccccc4-c4cccc5c4-c4ccccc4C54c5ccccc5-c5ccccc54)c3)c2)cc1. The molecule has 0 radical (unpaired) electrons. The van der Waals surface area contributed by atoms with Crippen molar-refractivity contribution >= 4 is 17.1 Å². The number of nitrogens with zero attached hydrogens (tertiary/aromatic N) is 1. The zero-order chi connectivity index (χ0) is 41.0. The number of benzene rings is 10. The van der Waals surface area contributed by atoms with Crippen LogP contribution in [-0.4, -0.2) is 0 Å². The molecule has 0 saturated heterocycles. The van der Waals surface area contributed by atoms with Gasteiger partial charge in [0.2, 0.25) is 0 Å². The fourth-order valence-electron chi connectivity index (χ4n) is 10.5. The van der Waals surface area contributed by atoms with Gasteiger partial charge >= 0.3 is 0 Å². The Balaban J connectivity index is 1.04. The maximum absolute atomic E-state index is 2.40. The Morgan fingerprint density at radius 1 is 0.226 bits per heavy atom. The van der Waals surface area contributed by atoms with Crippen molar-refractivity contribution in [1.29, 1.82) is 0 Å². The number of anilines is 3. The highest BCUT2D eigenvalue weighted by molar-refractivity contribution is 6.02. The lowest BCUT2D eigenvalue weighted by Crippen LogP contribution is -2.25. The molecule has 0 unspecified atom stereocenters. The van der Waals surface area contributed by atoms with Gasteiger partial charge in [-0.2, -0.15) is 0 Å². The second kappa shape index (κ2) is 14.6. The average molecular weight is 788 g/mol. The Morgan fingerprint density at radius 2 is 0.581 bits per heavy atom. The summed E-state index contributed by atoms with van der Waals surface area (Å²) in [5.74, 6) is 0. The van der Waals surface area contributed by atoms with E-state index < -0.39 is 5.41 Å². The Kier molecular flexibility index (Phi) is 8.47. The summed E-state index contributed by atoms with van der Waals surface area (Å²) in [7, 11) is 0. The lowest BCUT2D eigenvalue weighted by molar-refractivity contribution is 0.794. The maximum Gasteiger partial charge on any atom is 0.0725 e. The largest absolute Gasteiger partial charge is 0.310 e. The minimum atomic E-state index is -0.396. The van der Waals surface area contributed by atoms with Crippen LogP contribution in [-0.2, 0) is 5.41 Å². The van der Waals surface area contributed by atoms with Crippen LogP contribution in [0.4, 0.5) is 17.1 Å². The van der Waals surface area contributed by atoms with Crippen molar-refractivity contribution in [3.8, 4) is 66.8 Å². The average Bonchev–Trinajstić information content (AvgIpc) is 3.83. The molecule has 1 heteroatoms. The van der Waals surface area contributed by atoms with Crippen molar-refractivity contribution in [2.75, 3.05) is 4.90 Å². The number of fused-ring (bicyclic) bond motifs is 10. The van der Waals surface area contributed by atoms with Crippen LogP contribution in [0.5, 0.6) is 0 Å². The highest BCUT2D eigenvalue weighted by Gasteiger charge is 2.52. The van der Waals surface area contributed by atoms with Crippen LogP contribution in [0.15, 0.2) is 249 Å². The number of hydrogen-bond donors (Lipinski definition) is 0. The molecule has 290 valence electrons. The van der Waals surface area contributed by atoms with Gasteiger partial charge in [-0.3, -0.25) is 0 Å². The van der Waals surface area contributed by atoms with Crippen LogP contribution < -0.4 is 4.90 Å². The van der Waals surface area contributed by atoms with Crippen LogP contribution in [0.3, 0.4) is 0 Å². The first kappa shape index (κ1) is 35.9. The predicted octanol–water partition coefficient (Wildman–Crippen LogP) is 16.2. The van der Waals surface area contributed by atoms with Gasteiger partial charge in [-0.1, -0.05) is 212 Å². The van der Waals surface area contributed by atoms with Crippen LogP contribution >= 0.6 is 0 Å². The molecule has 1 nitrogen and oxygen atoms in total. The molecule has 0 atom stereocenters. The zero-order valence-electron chi connectivity index (χ0n) is 34.1. The van der Waals surface area contributed by atoms with E-state index in [1.54, 1.807) is 0 Å². The standard InChI is InChI=1S/C61H41N/c1-3-19-42(20-4-1)44-23-15-26-47(39-44)62(48-27-16-24-45(40-48)43-21-5-2-6-22-43)49-28-17-25-46(41-49)50-29-7-8-30-51(50)54-34-18-38-59-60(54)55-33-11-14-37-58(55)61(59)56-35-12-9-31-52(56)53-32-10-13-36-57(53)61/h1-41H. The Hall–Kier alpha value is -8.00. The summed E-state index contributed by atoms with van der Waals surface area (Å²) in [5.41, 5.74) is 23.1. The van der Waals surface area contributed by atoms with E-state index in [2.05, 4.69) is 254 Å². The summed E-state index contributed by atoms with van der Waals surface area (Å²) in [6.07, 6.45) is 0. The lowest BCUT2D eigenvalue weighted by Gasteiger charge is -2.30. The van der Waals surface area contributed by atoms with Gasteiger partial charge in [0.05, 0.1) is 5.41 Å². The summed E-state index contributed by atoms with van der Waals surface area (Å²) in [4.78, 5) is 2.40. The second-order valence-electron chi connectivity index (χ2n) is 16.4. The summed E-state index contributed by atoms with van der Waals surface area (Å²) < 4.78 is 0. The van der Waals surface area contributed by atoms with E-state index in [9.17, 15) is 0 Å². The molecule has 12 rings (SSSR count). The van der Waals surface area contributed by atoms with Crippen molar-refractivity contribution in [2.24, 2.45) is 0 Å². The second-order valence-corrected chi connectivity index (χ2v) is 16.4. The molecule has 0 fully saturated rings. The molecule has 0 aliphatic heterocycles. The minimum Gasteiger partial charge on any atom is -0.310 e. The normalized spacial score (nSPS) is 12.6. The Bertz CT molecular complexity index is 3180. The van der Waals surface area contributed by atoms with E-state index in [1.165, 1.54) is 83.5 Å². The van der Waals surface area contributed by atoms with Gasteiger partial charge in [-0.15, -0.1) is 0 Å². The molecule has 0 saturated carbocycles. The molecular formula is C61H41N. The van der Waals surface area contributed by atoms with Crippen LogP contribution in [0.25, 0.3) is 66.8 Å². The van der Waals surface area contributed by atoms with E-state index in [0.29, 0.717) is 0 Å². The van der Waals surface area contributed by atoms with E-state index >= 15 is 0 Å². The van der Waals surface area contributed by atoms with Gasteiger partial charge in [-0.25, -0.2) is 0 Å². The van der Waals surface area contributed by atoms with Crippen molar-refractivity contribution in [3.63, 3.8) is 0 Å². The molecule has 0 N–H and O–H groups in total. The topological polar surface area (TPSA) is 3.24 Å². The summed E-state index contributed by atoms with van der Waals surface area (Å²) in [6.45, 7) is 0. The fourth-order valence-corrected chi connectivity index (χ4v) is 10.5. The molecule has 0 amide bonds. The Morgan fingerprint density at radius 3 is 1.13 bits per heavy atom. The molecule has 0 bridgehead atoms. The molecule has 0 aromatic heterocycles. The van der Waals surface area contributed by atoms with Gasteiger partial charge in [0.1, 0.15) is 0 Å². The maximum atomic E-state index is 2.40. The van der Waals surface area contributed by atoms with Crippen molar-refractivity contribution in [1.82, 2.24) is 0 Å². The first-order valence-electron chi connectivity index (χ1n) is 21.5. The molecule has 10 aromatic rings. The van der Waals surface area contributed by atoms with Gasteiger partial charge in [0.15, 0.2) is 0 Å². The molecular weight excluding hydrogens is 747 g/mol. The van der Waals surface area contributed by atoms with Gasteiger partial charge < -0.3 is 4.90 Å². The molecule has 0 heterocycles. The van der Waals surface area contributed by atoms with Gasteiger partial charge in [-0.05, 0) is 125 Å². The highest BCUT2D eigenvalue weighted by atomic mass is 15.1. The van der Waals surface area contributed by atoms with Crippen LogP contribution in [0.1, 0.15) is 22.3 Å². The fraction of sp³-hybridized carbons (Fsp3) is 0.0164. The third-order valence-electron chi connectivity index (χ3n) is 13.1. The van der Waals surface area contributed by atoms with Crippen LogP contribution in [0, 0.1) is 0 Å². The van der Waals surface area contributed by atoms with E-state index in [1.807, 2.05) is 0 Å². The van der Waals surface area contributed by atoms with Crippen molar-refractivity contribution in [2.45, 2.75) is 5.41 Å². The summed E-state index contributed by atoms with van der Waals surface area (Å²) >= 11 is 0. The van der Waals surface area contributed by atoms with Crippen molar-refractivity contribution in [3.05, 3.63) is 271 Å². The molecule has 10 aromatic carbocycles. The zero-order valence-corrected chi connectivity index (χ0v) is 34.1. The Labute approximate surface area is 363 Å². The lowest BCUT2D eigenvalue weighted by atomic mass is 9.70. The van der Waals surface area contributed by atoms with Crippen LogP contribution in [0.2, 0.25) is 0 Å². The third kappa shape index (κ3) is 5.56. The van der Waals surface area contributed by atoms with Crippen molar-refractivity contribution < 1.29 is 0 Å². The predicted molar refractivity (Wildman–Crippen MR) is 259 cm³/mol. The van der Waals surface area contributed by atoms with E-state index in [-0.39, 0.29) is 0 Å². The highest BCUT2D eigenvalue weighted by Crippen LogP contribution is 2.64. The first-order valence-corrected chi connectivity index (χ1v) is 21.5. The molecule has 62 heavy (non-hydrogen) atoms. The smallest absolute Gasteiger partial charge is 0.0725 e.